The number of hydrogen-bond acceptors (Lipinski definition) is 1. The summed E-state index contributed by atoms with van der Waals surface area (Å²) in [6, 6.07) is 0. The zero-order valence-electron chi connectivity index (χ0n) is 11.3. The summed E-state index contributed by atoms with van der Waals surface area (Å²) in [5.74, 6) is 0. The van der Waals surface area contributed by atoms with Crippen LogP contribution in [0.3, 0.4) is 0 Å². The monoisotopic (exact) mass is 216 g/mol. The summed E-state index contributed by atoms with van der Waals surface area (Å²) in [6.45, 7) is 16.3. The highest BCUT2D eigenvalue weighted by molar-refractivity contribution is 6.74. The van der Waals surface area contributed by atoms with Gasteiger partial charge in [0.15, 0.2) is 8.32 Å². The van der Waals surface area contributed by atoms with Gasteiger partial charge in [-0.25, -0.2) is 0 Å². The Hall–Kier alpha value is 0.177. The van der Waals surface area contributed by atoms with Crippen molar-refractivity contribution in [1.29, 1.82) is 0 Å². The van der Waals surface area contributed by atoms with Crippen LogP contribution in [-0.4, -0.2) is 15.4 Å². The Balaban J connectivity index is 4.81. The first-order valence-corrected chi connectivity index (χ1v) is 8.54. The van der Waals surface area contributed by atoms with Gasteiger partial charge in [-0.15, -0.1) is 0 Å². The maximum absolute atomic E-state index is 5.78. The van der Waals surface area contributed by atoms with E-state index in [2.05, 4.69) is 47.7 Å². The maximum Gasteiger partial charge on any atom is 0.192 e. The molecule has 2 heteroatoms. The Labute approximate surface area is 91.4 Å². The first-order chi connectivity index (χ1) is 6.08. The molecule has 0 aliphatic carbocycles. The summed E-state index contributed by atoms with van der Waals surface area (Å²) in [5.41, 5.74) is 0.396. The third-order valence-corrected chi connectivity index (χ3v) is 8.12. The molecule has 0 saturated carbocycles. The Morgan fingerprint density at radius 1 is 1.07 bits per heavy atom. The summed E-state index contributed by atoms with van der Waals surface area (Å²) in [6.07, 6.45) is 2.47. The molecule has 0 saturated heterocycles. The van der Waals surface area contributed by atoms with Crippen LogP contribution in [0.2, 0.25) is 18.1 Å². The highest BCUT2D eigenvalue weighted by Gasteiger charge is 2.44. The van der Waals surface area contributed by atoms with Gasteiger partial charge in [0, 0.05) is 7.11 Å². The normalized spacial score (nSPS) is 18.0. The van der Waals surface area contributed by atoms with Gasteiger partial charge in [-0.3, -0.25) is 0 Å². The van der Waals surface area contributed by atoms with E-state index in [1.54, 1.807) is 0 Å². The van der Waals surface area contributed by atoms with Crippen LogP contribution in [0.4, 0.5) is 0 Å². The van der Waals surface area contributed by atoms with Crippen molar-refractivity contribution in [3.8, 4) is 0 Å². The molecule has 0 N–H and O–H groups in total. The SMILES string of the molecule is CCC(C)(CC(C)(C)C)[Si](C)(C)OC. The van der Waals surface area contributed by atoms with Gasteiger partial charge in [0.25, 0.3) is 0 Å². The number of hydrogen-bond donors (Lipinski definition) is 0. The largest absolute Gasteiger partial charge is 0.420 e. The van der Waals surface area contributed by atoms with E-state index in [4.69, 9.17) is 4.43 Å². The van der Waals surface area contributed by atoms with E-state index in [1.807, 2.05) is 7.11 Å². The van der Waals surface area contributed by atoms with Crippen molar-refractivity contribution in [3.05, 3.63) is 0 Å². The van der Waals surface area contributed by atoms with Gasteiger partial charge in [0.2, 0.25) is 0 Å². The molecule has 0 radical (unpaired) electrons. The zero-order chi connectivity index (χ0) is 11.6. The Bertz CT molecular complexity index is 181. The Morgan fingerprint density at radius 2 is 1.50 bits per heavy atom. The second-order valence-electron chi connectivity index (χ2n) is 6.37. The topological polar surface area (TPSA) is 9.23 Å². The van der Waals surface area contributed by atoms with Crippen LogP contribution in [-0.2, 0) is 4.43 Å². The summed E-state index contributed by atoms with van der Waals surface area (Å²) in [4.78, 5) is 0. The standard InChI is InChI=1S/C12H28OSi/c1-9-12(5,10-11(2,3)4)14(7,8)13-6/h9-10H2,1-8H3. The minimum absolute atomic E-state index is 0.389. The molecule has 0 heterocycles. The van der Waals surface area contributed by atoms with Gasteiger partial charge in [0.1, 0.15) is 0 Å². The van der Waals surface area contributed by atoms with Crippen LogP contribution < -0.4 is 0 Å². The molecule has 1 nitrogen and oxygen atoms in total. The van der Waals surface area contributed by atoms with Crippen molar-refractivity contribution in [2.45, 2.75) is 65.6 Å². The van der Waals surface area contributed by atoms with Crippen LogP contribution in [0.25, 0.3) is 0 Å². The van der Waals surface area contributed by atoms with Crippen molar-refractivity contribution in [1.82, 2.24) is 0 Å². The lowest BCUT2D eigenvalue weighted by molar-refractivity contribution is 0.268. The van der Waals surface area contributed by atoms with E-state index < -0.39 is 8.32 Å². The molecule has 1 atom stereocenters. The van der Waals surface area contributed by atoms with Crippen molar-refractivity contribution in [2.24, 2.45) is 5.41 Å². The first-order valence-electron chi connectivity index (χ1n) is 5.63. The molecule has 0 aromatic carbocycles. The van der Waals surface area contributed by atoms with Crippen LogP contribution >= 0.6 is 0 Å². The highest BCUT2D eigenvalue weighted by Crippen LogP contribution is 2.49. The van der Waals surface area contributed by atoms with E-state index in [0.717, 1.165) is 0 Å². The van der Waals surface area contributed by atoms with E-state index in [1.165, 1.54) is 12.8 Å². The second kappa shape index (κ2) is 4.36. The van der Waals surface area contributed by atoms with Crippen LogP contribution in [0.15, 0.2) is 0 Å². The van der Waals surface area contributed by atoms with Gasteiger partial charge >= 0.3 is 0 Å². The molecule has 0 rings (SSSR count). The lowest BCUT2D eigenvalue weighted by Crippen LogP contribution is -2.44. The molecule has 0 fully saturated rings. The smallest absolute Gasteiger partial charge is 0.192 e. The van der Waals surface area contributed by atoms with E-state index in [0.29, 0.717) is 10.5 Å². The number of rotatable bonds is 4. The first kappa shape index (κ1) is 14.2. The minimum atomic E-state index is -1.54. The second-order valence-corrected chi connectivity index (χ2v) is 11.0. The average molecular weight is 216 g/mol. The van der Waals surface area contributed by atoms with E-state index >= 15 is 0 Å². The molecule has 0 aliphatic heterocycles. The van der Waals surface area contributed by atoms with Gasteiger partial charge in [-0.1, -0.05) is 41.0 Å². The minimum Gasteiger partial charge on any atom is -0.420 e. The van der Waals surface area contributed by atoms with Crippen molar-refractivity contribution < 1.29 is 4.43 Å². The molecule has 1 unspecified atom stereocenters. The molecule has 86 valence electrons. The fourth-order valence-corrected chi connectivity index (χ4v) is 4.48. The van der Waals surface area contributed by atoms with E-state index in [9.17, 15) is 0 Å². The molecular formula is C12H28OSi. The molecule has 0 spiro atoms. The molecule has 0 aromatic heterocycles. The summed E-state index contributed by atoms with van der Waals surface area (Å²) in [5, 5.41) is 0.389. The van der Waals surface area contributed by atoms with Crippen LogP contribution in [0.5, 0.6) is 0 Å². The van der Waals surface area contributed by atoms with Crippen molar-refractivity contribution >= 4 is 8.32 Å². The quantitative estimate of drug-likeness (QED) is 0.631. The van der Waals surface area contributed by atoms with Gasteiger partial charge in [-0.05, 0) is 30.0 Å². The van der Waals surface area contributed by atoms with Crippen LogP contribution in [0, 0.1) is 5.41 Å². The van der Waals surface area contributed by atoms with Gasteiger partial charge in [-0.2, -0.15) is 0 Å². The Kier molecular flexibility index (Phi) is 4.41. The summed E-state index contributed by atoms with van der Waals surface area (Å²) in [7, 11) is 0.337. The van der Waals surface area contributed by atoms with E-state index in [-0.39, 0.29) is 0 Å². The molecule has 14 heavy (non-hydrogen) atoms. The fourth-order valence-electron chi connectivity index (χ4n) is 2.18. The average Bonchev–Trinajstić information content (AvgIpc) is 2.01. The predicted molar refractivity (Wildman–Crippen MR) is 67.2 cm³/mol. The van der Waals surface area contributed by atoms with Gasteiger partial charge in [0.05, 0.1) is 0 Å². The molecule has 0 aromatic rings. The lowest BCUT2D eigenvalue weighted by Gasteiger charge is -2.44. The lowest BCUT2D eigenvalue weighted by atomic mass is 9.83. The summed E-state index contributed by atoms with van der Waals surface area (Å²) >= 11 is 0. The molecule has 0 aliphatic rings. The van der Waals surface area contributed by atoms with Gasteiger partial charge < -0.3 is 4.43 Å². The van der Waals surface area contributed by atoms with Crippen LogP contribution in [0.1, 0.15) is 47.5 Å². The molecular weight excluding hydrogens is 188 g/mol. The fraction of sp³-hybridized carbons (Fsp3) is 1.00. The molecule has 0 bridgehead atoms. The maximum atomic E-state index is 5.78. The summed E-state index contributed by atoms with van der Waals surface area (Å²) < 4.78 is 5.78. The third-order valence-electron chi connectivity index (χ3n) is 3.66. The highest BCUT2D eigenvalue weighted by atomic mass is 28.4. The predicted octanol–water partition coefficient (Wildman–Crippen LogP) is 4.44. The third kappa shape index (κ3) is 3.39. The van der Waals surface area contributed by atoms with Crippen molar-refractivity contribution in [2.75, 3.05) is 7.11 Å². The molecule has 0 amide bonds. The zero-order valence-corrected chi connectivity index (χ0v) is 12.3. The van der Waals surface area contributed by atoms with Crippen molar-refractivity contribution in [3.63, 3.8) is 0 Å². The Morgan fingerprint density at radius 3 is 1.71 bits per heavy atom.